The molecule has 0 radical (unpaired) electrons. The van der Waals surface area contributed by atoms with Crippen LogP contribution >= 0.6 is 34.9 Å². The van der Waals surface area contributed by atoms with Crippen molar-refractivity contribution in [2.75, 3.05) is 29.2 Å². The first-order valence-corrected chi connectivity index (χ1v) is 13.1. The summed E-state index contributed by atoms with van der Waals surface area (Å²) < 4.78 is 8.20. The summed E-state index contributed by atoms with van der Waals surface area (Å²) in [7, 11) is 3.20. The lowest BCUT2D eigenvalue weighted by Gasteiger charge is -2.05. The number of thioether (sulfide) groups is 2. The third-order valence-corrected chi connectivity index (χ3v) is 7.90. The monoisotopic (exact) mass is 527 g/mol. The molecule has 2 amide bonds. The number of anilines is 2. The minimum absolute atomic E-state index is 0.118. The van der Waals surface area contributed by atoms with Crippen LogP contribution in [0.5, 0.6) is 0 Å². The molecule has 4 rings (SSSR count). The van der Waals surface area contributed by atoms with E-state index in [2.05, 4.69) is 25.3 Å². The highest BCUT2D eigenvalue weighted by atomic mass is 32.2. The summed E-state index contributed by atoms with van der Waals surface area (Å²) in [5.74, 6) is -0.286. The van der Waals surface area contributed by atoms with E-state index in [1.807, 2.05) is 36.0 Å². The predicted octanol–water partition coefficient (Wildman–Crippen LogP) is 4.28. The molecule has 4 aromatic rings. The fourth-order valence-corrected chi connectivity index (χ4v) is 5.63. The number of ether oxygens (including phenoxy) is 1. The molecule has 2 aromatic carbocycles. The highest BCUT2D eigenvalue weighted by Crippen LogP contribution is 2.31. The second-order valence-corrected chi connectivity index (χ2v) is 10.4. The van der Waals surface area contributed by atoms with Crippen molar-refractivity contribution < 1.29 is 19.1 Å². The van der Waals surface area contributed by atoms with E-state index in [0.29, 0.717) is 16.9 Å². The van der Waals surface area contributed by atoms with Gasteiger partial charge in [-0.2, -0.15) is 0 Å². The summed E-state index contributed by atoms with van der Waals surface area (Å²) in [5.41, 5.74) is 2.50. The fraction of sp³-hybridized carbons (Fsp3) is 0.174. The first-order valence-electron chi connectivity index (χ1n) is 10.3. The summed E-state index contributed by atoms with van der Waals surface area (Å²) in [6, 6.07) is 12.0. The number of aromatic nitrogens is 3. The Morgan fingerprint density at radius 3 is 2.37 bits per heavy atom. The topological polar surface area (TPSA) is 115 Å². The van der Waals surface area contributed by atoms with Crippen LogP contribution in [0, 0.1) is 0 Å². The largest absolute Gasteiger partial charge is 0.465 e. The molecule has 35 heavy (non-hydrogen) atoms. The number of methoxy groups -OCH3 is 1. The zero-order chi connectivity index (χ0) is 24.8. The van der Waals surface area contributed by atoms with Crippen LogP contribution in [-0.4, -0.2) is 50.9 Å². The number of carbonyl (C=O) groups excluding carboxylic acids is 3. The average molecular weight is 528 g/mol. The number of esters is 1. The van der Waals surface area contributed by atoms with Crippen LogP contribution in [0.4, 0.5) is 11.4 Å². The molecule has 9 nitrogen and oxygen atoms in total. The number of rotatable bonds is 9. The SMILES string of the molecule is COC(=O)c1ccc(NC(=O)CSc2nc3ccc(NC(=O)CSc4nccn4C)cc3s2)cc1. The number of thiazole rings is 1. The lowest BCUT2D eigenvalue weighted by molar-refractivity contribution is -0.114. The van der Waals surface area contributed by atoms with E-state index in [1.54, 1.807) is 30.5 Å². The van der Waals surface area contributed by atoms with Crippen molar-refractivity contribution in [3.63, 3.8) is 0 Å². The maximum absolute atomic E-state index is 12.3. The Bertz CT molecular complexity index is 1370. The summed E-state index contributed by atoms with van der Waals surface area (Å²) in [5, 5.41) is 6.47. The number of imidazole rings is 1. The molecule has 0 unspecified atom stereocenters. The van der Waals surface area contributed by atoms with E-state index < -0.39 is 5.97 Å². The van der Waals surface area contributed by atoms with Gasteiger partial charge in [-0.25, -0.2) is 14.8 Å². The summed E-state index contributed by atoms with van der Waals surface area (Å²) >= 11 is 4.16. The van der Waals surface area contributed by atoms with E-state index in [1.165, 1.54) is 42.0 Å². The molecule has 0 fully saturated rings. The number of benzene rings is 2. The fourth-order valence-electron chi connectivity index (χ4n) is 2.99. The van der Waals surface area contributed by atoms with Crippen LogP contribution < -0.4 is 10.6 Å². The molecule has 2 heterocycles. The third-order valence-electron chi connectivity index (χ3n) is 4.68. The number of fused-ring (bicyclic) bond motifs is 1. The van der Waals surface area contributed by atoms with Crippen molar-refractivity contribution in [2.24, 2.45) is 7.05 Å². The minimum Gasteiger partial charge on any atom is -0.465 e. The van der Waals surface area contributed by atoms with Crippen molar-refractivity contribution in [2.45, 2.75) is 9.50 Å². The van der Waals surface area contributed by atoms with Gasteiger partial charge in [-0.3, -0.25) is 9.59 Å². The summed E-state index contributed by atoms with van der Waals surface area (Å²) in [4.78, 5) is 44.9. The Morgan fingerprint density at radius 1 is 1.00 bits per heavy atom. The van der Waals surface area contributed by atoms with Gasteiger partial charge < -0.3 is 19.9 Å². The van der Waals surface area contributed by atoms with Gasteiger partial charge in [-0.1, -0.05) is 23.5 Å². The molecule has 0 atom stereocenters. The highest BCUT2D eigenvalue weighted by molar-refractivity contribution is 8.01. The normalized spacial score (nSPS) is 10.8. The second-order valence-electron chi connectivity index (χ2n) is 7.23. The van der Waals surface area contributed by atoms with Crippen molar-refractivity contribution in [3.8, 4) is 0 Å². The van der Waals surface area contributed by atoms with Crippen LogP contribution in [0.3, 0.4) is 0 Å². The molecule has 12 heteroatoms. The molecule has 0 aliphatic carbocycles. The quantitative estimate of drug-likeness (QED) is 0.245. The van der Waals surface area contributed by atoms with Gasteiger partial charge in [-0.15, -0.1) is 11.3 Å². The van der Waals surface area contributed by atoms with E-state index in [4.69, 9.17) is 0 Å². The first-order chi connectivity index (χ1) is 16.9. The minimum atomic E-state index is -0.430. The molecule has 0 aliphatic rings. The van der Waals surface area contributed by atoms with Gasteiger partial charge in [0.05, 0.1) is 34.4 Å². The summed E-state index contributed by atoms with van der Waals surface area (Å²) in [6.45, 7) is 0. The number of nitrogens with zero attached hydrogens (tertiary/aromatic N) is 3. The molecule has 0 spiro atoms. The van der Waals surface area contributed by atoms with Gasteiger partial charge in [-0.05, 0) is 42.5 Å². The molecular formula is C23H21N5O4S3. The number of aryl methyl sites for hydroxylation is 1. The number of hydrogen-bond donors (Lipinski definition) is 2. The van der Waals surface area contributed by atoms with Crippen LogP contribution in [-0.2, 0) is 21.4 Å². The molecule has 0 bridgehead atoms. The zero-order valence-corrected chi connectivity index (χ0v) is 21.3. The Hall–Kier alpha value is -3.35. The molecule has 2 aromatic heterocycles. The van der Waals surface area contributed by atoms with E-state index in [9.17, 15) is 14.4 Å². The Labute approximate surface area is 213 Å². The van der Waals surface area contributed by atoms with Gasteiger partial charge in [0.2, 0.25) is 11.8 Å². The van der Waals surface area contributed by atoms with Crippen molar-refractivity contribution >= 4 is 74.2 Å². The maximum Gasteiger partial charge on any atom is 0.337 e. The molecule has 0 saturated heterocycles. The number of nitrogens with one attached hydrogen (secondary N) is 2. The molecule has 180 valence electrons. The average Bonchev–Trinajstić information content (AvgIpc) is 3.46. The highest BCUT2D eigenvalue weighted by Gasteiger charge is 2.11. The van der Waals surface area contributed by atoms with Gasteiger partial charge >= 0.3 is 5.97 Å². The van der Waals surface area contributed by atoms with E-state index >= 15 is 0 Å². The zero-order valence-electron chi connectivity index (χ0n) is 18.8. The van der Waals surface area contributed by atoms with Gasteiger partial charge in [0.15, 0.2) is 9.50 Å². The van der Waals surface area contributed by atoms with E-state index in [0.717, 1.165) is 19.7 Å². The smallest absolute Gasteiger partial charge is 0.337 e. The standard InChI is InChI=1S/C23H21N5O4S3/c1-28-10-9-24-22(28)33-12-19(29)26-16-7-8-17-18(11-16)35-23(27-17)34-13-20(30)25-15-5-3-14(4-6-15)21(31)32-2/h3-11H,12-13H2,1-2H3,(H,25,30)(H,26,29). The number of amides is 2. The first kappa shape index (κ1) is 24.8. The Balaban J connectivity index is 1.29. The third kappa shape index (κ3) is 6.62. The number of carbonyl (C=O) groups is 3. The summed E-state index contributed by atoms with van der Waals surface area (Å²) in [6.07, 6.45) is 3.53. The molecule has 2 N–H and O–H groups in total. The number of hydrogen-bond acceptors (Lipinski definition) is 9. The lowest BCUT2D eigenvalue weighted by Crippen LogP contribution is -2.14. The lowest BCUT2D eigenvalue weighted by atomic mass is 10.2. The molecule has 0 aliphatic heterocycles. The molecular weight excluding hydrogens is 506 g/mol. The van der Waals surface area contributed by atoms with Crippen LogP contribution in [0.1, 0.15) is 10.4 Å². The predicted molar refractivity (Wildman–Crippen MR) is 139 cm³/mol. The maximum atomic E-state index is 12.3. The van der Waals surface area contributed by atoms with Crippen LogP contribution in [0.2, 0.25) is 0 Å². The van der Waals surface area contributed by atoms with Crippen LogP contribution in [0.25, 0.3) is 10.2 Å². The Kier molecular flexibility index (Phi) is 8.06. The molecule has 0 saturated carbocycles. The van der Waals surface area contributed by atoms with Crippen molar-refractivity contribution in [1.29, 1.82) is 0 Å². The van der Waals surface area contributed by atoms with Crippen LogP contribution in [0.15, 0.2) is 64.4 Å². The van der Waals surface area contributed by atoms with Crippen molar-refractivity contribution in [3.05, 3.63) is 60.4 Å². The van der Waals surface area contributed by atoms with E-state index in [-0.39, 0.29) is 23.3 Å². The van der Waals surface area contributed by atoms with Gasteiger partial charge in [0.25, 0.3) is 0 Å². The van der Waals surface area contributed by atoms with Gasteiger partial charge in [0.1, 0.15) is 0 Å². The second kappa shape index (κ2) is 11.4. The van der Waals surface area contributed by atoms with Gasteiger partial charge in [0, 0.05) is 30.8 Å². The Morgan fingerprint density at radius 2 is 1.69 bits per heavy atom. The van der Waals surface area contributed by atoms with Crippen molar-refractivity contribution in [1.82, 2.24) is 14.5 Å².